The van der Waals surface area contributed by atoms with Gasteiger partial charge < -0.3 is 10.6 Å². The fourth-order valence-corrected chi connectivity index (χ4v) is 2.60. The van der Waals surface area contributed by atoms with Gasteiger partial charge in [-0.15, -0.1) is 10.2 Å². The van der Waals surface area contributed by atoms with Gasteiger partial charge in [0.2, 0.25) is 0 Å². The number of carbonyl (C=O) groups excluding carboxylic acids is 1. The Bertz CT molecular complexity index is 418. The molecule has 1 fully saturated rings. The van der Waals surface area contributed by atoms with Crippen LogP contribution in [-0.4, -0.2) is 29.7 Å². The summed E-state index contributed by atoms with van der Waals surface area (Å²) in [6.45, 7) is 3.02. The second kappa shape index (κ2) is 6.50. The van der Waals surface area contributed by atoms with E-state index in [-0.39, 0.29) is 5.91 Å². The van der Waals surface area contributed by atoms with E-state index in [9.17, 15) is 4.79 Å². The molecule has 0 aromatic carbocycles. The molecular weight excluding hydrogens is 240 g/mol. The molecule has 104 valence electrons. The number of hydrogen-bond acceptors (Lipinski definition) is 4. The first-order chi connectivity index (χ1) is 9.20. The summed E-state index contributed by atoms with van der Waals surface area (Å²) in [5.74, 6) is 1.83. The van der Waals surface area contributed by atoms with Gasteiger partial charge in [0, 0.05) is 13.6 Å². The average Bonchev–Trinajstić information content (AvgIpc) is 2.46. The highest BCUT2D eigenvalue weighted by Gasteiger charge is 2.22. The van der Waals surface area contributed by atoms with E-state index in [1.807, 2.05) is 0 Å². The molecule has 1 saturated carbocycles. The highest BCUT2D eigenvalue weighted by Crippen LogP contribution is 2.28. The number of amides is 1. The smallest absolute Gasteiger partial charge is 0.271 e. The van der Waals surface area contributed by atoms with E-state index in [4.69, 9.17) is 0 Å². The second-order valence-corrected chi connectivity index (χ2v) is 5.29. The first-order valence-electron chi connectivity index (χ1n) is 7.00. The minimum absolute atomic E-state index is 0.132. The van der Waals surface area contributed by atoms with Crippen molar-refractivity contribution in [2.24, 2.45) is 11.8 Å². The third-order valence-electron chi connectivity index (χ3n) is 3.97. The minimum atomic E-state index is -0.132. The molecule has 2 unspecified atom stereocenters. The predicted molar refractivity (Wildman–Crippen MR) is 75.0 cm³/mol. The maximum absolute atomic E-state index is 12.0. The van der Waals surface area contributed by atoms with Gasteiger partial charge in [0.15, 0.2) is 5.69 Å². The van der Waals surface area contributed by atoms with Gasteiger partial charge in [-0.1, -0.05) is 26.2 Å². The molecule has 1 aromatic heterocycles. The van der Waals surface area contributed by atoms with Gasteiger partial charge in [-0.3, -0.25) is 4.79 Å². The van der Waals surface area contributed by atoms with E-state index >= 15 is 0 Å². The number of aromatic nitrogens is 2. The van der Waals surface area contributed by atoms with Crippen LogP contribution in [0.15, 0.2) is 12.1 Å². The Labute approximate surface area is 114 Å². The predicted octanol–water partition coefficient (Wildman–Crippen LogP) is 2.07. The molecular formula is C14H22N4O. The molecule has 5 nitrogen and oxygen atoms in total. The van der Waals surface area contributed by atoms with Gasteiger partial charge in [0.05, 0.1) is 0 Å². The Morgan fingerprint density at radius 3 is 2.74 bits per heavy atom. The summed E-state index contributed by atoms with van der Waals surface area (Å²) in [5, 5.41) is 13.7. The number of carbonyl (C=O) groups is 1. The van der Waals surface area contributed by atoms with E-state index in [2.05, 4.69) is 27.8 Å². The zero-order valence-corrected chi connectivity index (χ0v) is 11.6. The van der Waals surface area contributed by atoms with Crippen LogP contribution in [0.2, 0.25) is 0 Å². The Hall–Kier alpha value is -1.65. The molecule has 0 radical (unpaired) electrons. The summed E-state index contributed by atoms with van der Waals surface area (Å²) in [7, 11) is 1.77. The van der Waals surface area contributed by atoms with Crippen molar-refractivity contribution in [3.8, 4) is 0 Å². The Kier molecular flexibility index (Phi) is 4.71. The normalized spacial score (nSPS) is 22.8. The number of hydrogen-bond donors (Lipinski definition) is 2. The number of rotatable bonds is 4. The highest BCUT2D eigenvalue weighted by molar-refractivity contribution is 5.92. The van der Waals surface area contributed by atoms with E-state index in [1.165, 1.54) is 25.7 Å². The lowest BCUT2D eigenvalue weighted by atomic mass is 9.80. The van der Waals surface area contributed by atoms with Gasteiger partial charge in [-0.25, -0.2) is 0 Å². The largest absolute Gasteiger partial charge is 0.372 e. The summed E-state index contributed by atoms with van der Waals surface area (Å²) in [6, 6.07) is 3.45. The third kappa shape index (κ3) is 3.66. The molecule has 2 rings (SSSR count). The number of nitrogens with zero attached hydrogens (tertiary/aromatic N) is 2. The van der Waals surface area contributed by atoms with Gasteiger partial charge in [-0.2, -0.15) is 0 Å². The molecule has 1 aromatic rings. The summed E-state index contributed by atoms with van der Waals surface area (Å²) >= 11 is 0. The van der Waals surface area contributed by atoms with E-state index < -0.39 is 0 Å². The van der Waals surface area contributed by atoms with Crippen LogP contribution in [0.5, 0.6) is 0 Å². The standard InChI is InChI=1S/C14H22N4O/c1-10-5-3-4-6-11(10)9-16-14(19)12-7-8-13(15-2)18-17-12/h7-8,10-11H,3-6,9H2,1-2H3,(H,15,18)(H,16,19). The summed E-state index contributed by atoms with van der Waals surface area (Å²) in [5.41, 5.74) is 0.377. The zero-order chi connectivity index (χ0) is 13.7. The van der Waals surface area contributed by atoms with Crippen molar-refractivity contribution in [2.45, 2.75) is 32.6 Å². The highest BCUT2D eigenvalue weighted by atomic mass is 16.1. The minimum Gasteiger partial charge on any atom is -0.372 e. The van der Waals surface area contributed by atoms with Crippen molar-refractivity contribution in [1.29, 1.82) is 0 Å². The monoisotopic (exact) mass is 262 g/mol. The molecule has 0 aliphatic heterocycles. The van der Waals surface area contributed by atoms with Crippen LogP contribution in [-0.2, 0) is 0 Å². The Morgan fingerprint density at radius 2 is 2.11 bits per heavy atom. The van der Waals surface area contributed by atoms with Crippen LogP contribution < -0.4 is 10.6 Å². The molecule has 1 aliphatic rings. The lowest BCUT2D eigenvalue weighted by Crippen LogP contribution is -2.33. The van der Waals surface area contributed by atoms with Gasteiger partial charge >= 0.3 is 0 Å². The van der Waals surface area contributed by atoms with Crippen molar-refractivity contribution >= 4 is 11.7 Å². The van der Waals surface area contributed by atoms with E-state index in [0.717, 1.165) is 6.54 Å². The van der Waals surface area contributed by atoms with E-state index in [1.54, 1.807) is 19.2 Å². The summed E-state index contributed by atoms with van der Waals surface area (Å²) in [4.78, 5) is 12.0. The average molecular weight is 262 g/mol. The van der Waals surface area contributed by atoms with Crippen LogP contribution >= 0.6 is 0 Å². The van der Waals surface area contributed by atoms with Crippen molar-refractivity contribution < 1.29 is 4.79 Å². The van der Waals surface area contributed by atoms with Crippen LogP contribution in [0.4, 0.5) is 5.82 Å². The second-order valence-electron chi connectivity index (χ2n) is 5.29. The molecule has 2 atom stereocenters. The maximum Gasteiger partial charge on any atom is 0.271 e. The van der Waals surface area contributed by atoms with Gasteiger partial charge in [0.25, 0.3) is 5.91 Å². The Balaban J connectivity index is 1.86. The van der Waals surface area contributed by atoms with Crippen LogP contribution in [0.1, 0.15) is 43.1 Å². The topological polar surface area (TPSA) is 66.9 Å². The van der Waals surface area contributed by atoms with Crippen LogP contribution in [0.3, 0.4) is 0 Å². The fourth-order valence-electron chi connectivity index (χ4n) is 2.60. The first-order valence-corrected chi connectivity index (χ1v) is 7.00. The third-order valence-corrected chi connectivity index (χ3v) is 3.97. The SMILES string of the molecule is CNc1ccc(C(=O)NCC2CCCCC2C)nn1. The number of anilines is 1. The van der Waals surface area contributed by atoms with Gasteiger partial charge in [0.1, 0.15) is 5.82 Å². The fraction of sp³-hybridized carbons (Fsp3) is 0.643. The molecule has 0 spiro atoms. The lowest BCUT2D eigenvalue weighted by Gasteiger charge is -2.28. The van der Waals surface area contributed by atoms with Crippen molar-refractivity contribution in [2.75, 3.05) is 18.9 Å². The Morgan fingerprint density at radius 1 is 1.32 bits per heavy atom. The molecule has 0 bridgehead atoms. The first kappa shape index (κ1) is 13.8. The van der Waals surface area contributed by atoms with Crippen molar-refractivity contribution in [1.82, 2.24) is 15.5 Å². The zero-order valence-electron chi connectivity index (χ0n) is 11.6. The van der Waals surface area contributed by atoms with Crippen LogP contribution in [0, 0.1) is 11.8 Å². The summed E-state index contributed by atoms with van der Waals surface area (Å²) in [6.07, 6.45) is 5.09. The molecule has 1 heterocycles. The van der Waals surface area contributed by atoms with Gasteiger partial charge in [-0.05, 0) is 30.4 Å². The van der Waals surface area contributed by atoms with Crippen LogP contribution in [0.25, 0.3) is 0 Å². The van der Waals surface area contributed by atoms with E-state index in [0.29, 0.717) is 23.3 Å². The van der Waals surface area contributed by atoms with Crippen molar-refractivity contribution in [3.63, 3.8) is 0 Å². The maximum atomic E-state index is 12.0. The molecule has 5 heteroatoms. The molecule has 1 aliphatic carbocycles. The summed E-state index contributed by atoms with van der Waals surface area (Å²) < 4.78 is 0. The molecule has 2 N–H and O–H groups in total. The molecule has 1 amide bonds. The molecule has 0 saturated heterocycles. The van der Waals surface area contributed by atoms with Crippen molar-refractivity contribution in [3.05, 3.63) is 17.8 Å². The lowest BCUT2D eigenvalue weighted by molar-refractivity contribution is 0.0930. The quantitative estimate of drug-likeness (QED) is 0.871. The number of nitrogens with one attached hydrogen (secondary N) is 2. The molecule has 19 heavy (non-hydrogen) atoms.